The van der Waals surface area contributed by atoms with E-state index in [1.807, 2.05) is 6.07 Å². The van der Waals surface area contributed by atoms with Gasteiger partial charge in [-0.15, -0.1) is 11.3 Å². The molecule has 0 fully saturated rings. The maximum absolute atomic E-state index is 12.2. The monoisotopic (exact) mass is 336 g/mol. The first-order chi connectivity index (χ1) is 8.94. The van der Waals surface area contributed by atoms with Gasteiger partial charge in [0.2, 0.25) is 0 Å². The molecule has 2 aromatic rings. The Labute approximate surface area is 124 Å². The van der Waals surface area contributed by atoms with E-state index in [1.54, 1.807) is 12.4 Å². The summed E-state index contributed by atoms with van der Waals surface area (Å²) in [5, 5.41) is 0.879. The average Bonchev–Trinajstić information content (AvgIpc) is 2.71. The van der Waals surface area contributed by atoms with Gasteiger partial charge in [0.05, 0.1) is 10.6 Å². The largest absolute Gasteiger partial charge is 0.293 e. The van der Waals surface area contributed by atoms with Crippen LogP contribution in [0.5, 0.6) is 0 Å². The van der Waals surface area contributed by atoms with Crippen LogP contribution in [0.25, 0.3) is 10.6 Å². The standard InChI is InChI=1S/C14H13BrN2OS/c1-14(2)4-10-12(11(18)5-14)19-13(17-10)8-3-9(15)7-16-6-8/h3,6-7H,4-5H2,1-2H3. The summed E-state index contributed by atoms with van der Waals surface area (Å²) in [6, 6.07) is 1.98. The summed E-state index contributed by atoms with van der Waals surface area (Å²) in [6.45, 7) is 4.24. The zero-order chi connectivity index (χ0) is 13.6. The number of thiazole rings is 1. The van der Waals surface area contributed by atoms with Gasteiger partial charge in [-0.05, 0) is 33.8 Å². The summed E-state index contributed by atoms with van der Waals surface area (Å²) in [4.78, 5) is 21.8. The molecule has 0 radical (unpaired) electrons. The number of pyridine rings is 1. The molecule has 3 rings (SSSR count). The lowest BCUT2D eigenvalue weighted by atomic mass is 9.78. The fraction of sp³-hybridized carbons (Fsp3) is 0.357. The molecule has 2 aromatic heterocycles. The van der Waals surface area contributed by atoms with Gasteiger partial charge < -0.3 is 0 Å². The number of carbonyl (C=O) groups is 1. The van der Waals surface area contributed by atoms with Crippen LogP contribution in [-0.2, 0) is 6.42 Å². The van der Waals surface area contributed by atoms with Crippen molar-refractivity contribution in [3.05, 3.63) is 33.5 Å². The molecule has 0 unspecified atom stereocenters. The van der Waals surface area contributed by atoms with E-state index >= 15 is 0 Å². The maximum atomic E-state index is 12.2. The van der Waals surface area contributed by atoms with Crippen LogP contribution in [-0.4, -0.2) is 15.8 Å². The molecular weight excluding hydrogens is 324 g/mol. The quantitative estimate of drug-likeness (QED) is 0.786. The van der Waals surface area contributed by atoms with Gasteiger partial charge in [0.1, 0.15) is 5.01 Å². The summed E-state index contributed by atoms with van der Waals surface area (Å²) in [7, 11) is 0. The summed E-state index contributed by atoms with van der Waals surface area (Å²) in [6.07, 6.45) is 5.00. The van der Waals surface area contributed by atoms with E-state index in [2.05, 4.69) is 39.7 Å². The van der Waals surface area contributed by atoms with Gasteiger partial charge in [-0.25, -0.2) is 4.98 Å². The Morgan fingerprint density at radius 2 is 2.11 bits per heavy atom. The molecule has 2 heterocycles. The Hall–Kier alpha value is -1.07. The summed E-state index contributed by atoms with van der Waals surface area (Å²) >= 11 is 4.89. The van der Waals surface area contributed by atoms with Gasteiger partial charge in [-0.2, -0.15) is 0 Å². The first kappa shape index (κ1) is 12.9. The highest BCUT2D eigenvalue weighted by Gasteiger charge is 2.33. The smallest absolute Gasteiger partial charge is 0.175 e. The average molecular weight is 337 g/mol. The van der Waals surface area contributed by atoms with Crippen LogP contribution in [0.4, 0.5) is 0 Å². The Bertz CT molecular complexity index is 663. The van der Waals surface area contributed by atoms with Crippen molar-refractivity contribution in [2.75, 3.05) is 0 Å². The fourth-order valence-corrected chi connectivity index (χ4v) is 3.74. The van der Waals surface area contributed by atoms with E-state index in [1.165, 1.54) is 11.3 Å². The number of hydrogen-bond acceptors (Lipinski definition) is 4. The first-order valence-corrected chi connectivity index (χ1v) is 7.69. The highest BCUT2D eigenvalue weighted by atomic mass is 79.9. The van der Waals surface area contributed by atoms with Crippen LogP contribution in [0.3, 0.4) is 0 Å². The molecule has 19 heavy (non-hydrogen) atoms. The minimum absolute atomic E-state index is 0.0188. The molecule has 0 spiro atoms. The Balaban J connectivity index is 2.06. The van der Waals surface area contributed by atoms with Crippen LogP contribution < -0.4 is 0 Å². The zero-order valence-corrected chi connectivity index (χ0v) is 13.1. The van der Waals surface area contributed by atoms with E-state index in [-0.39, 0.29) is 11.2 Å². The molecule has 1 aliphatic carbocycles. The maximum Gasteiger partial charge on any atom is 0.175 e. The van der Waals surface area contributed by atoms with Crippen molar-refractivity contribution < 1.29 is 4.79 Å². The lowest BCUT2D eigenvalue weighted by molar-refractivity contribution is 0.0916. The molecule has 0 saturated carbocycles. The van der Waals surface area contributed by atoms with Crippen LogP contribution in [0.15, 0.2) is 22.9 Å². The van der Waals surface area contributed by atoms with Crippen molar-refractivity contribution in [1.29, 1.82) is 0 Å². The molecule has 0 aromatic carbocycles. The number of nitrogens with zero attached hydrogens (tertiary/aromatic N) is 2. The Morgan fingerprint density at radius 1 is 1.32 bits per heavy atom. The predicted molar refractivity (Wildman–Crippen MR) is 79.5 cm³/mol. The van der Waals surface area contributed by atoms with Crippen molar-refractivity contribution in [2.24, 2.45) is 5.41 Å². The summed E-state index contributed by atoms with van der Waals surface area (Å²) in [5.41, 5.74) is 1.92. The second kappa shape index (κ2) is 4.49. The molecule has 3 nitrogen and oxygen atoms in total. The molecule has 5 heteroatoms. The molecule has 0 amide bonds. The number of aromatic nitrogens is 2. The van der Waals surface area contributed by atoms with E-state index < -0.39 is 0 Å². The lowest BCUT2D eigenvalue weighted by Crippen LogP contribution is -2.25. The van der Waals surface area contributed by atoms with Gasteiger partial charge in [-0.1, -0.05) is 13.8 Å². The highest BCUT2D eigenvalue weighted by Crippen LogP contribution is 2.39. The van der Waals surface area contributed by atoms with Crippen LogP contribution in [0.2, 0.25) is 0 Å². The number of ketones is 1. The van der Waals surface area contributed by atoms with Crippen LogP contribution in [0, 0.1) is 5.41 Å². The third kappa shape index (κ3) is 2.49. The summed E-state index contributed by atoms with van der Waals surface area (Å²) < 4.78 is 0.921. The van der Waals surface area contributed by atoms with Crippen molar-refractivity contribution in [3.63, 3.8) is 0 Å². The van der Waals surface area contributed by atoms with Gasteiger partial charge in [-0.3, -0.25) is 9.78 Å². The van der Waals surface area contributed by atoms with Crippen molar-refractivity contribution >= 4 is 33.0 Å². The topological polar surface area (TPSA) is 42.9 Å². The third-order valence-electron chi connectivity index (χ3n) is 3.19. The number of halogens is 1. The fourth-order valence-electron chi connectivity index (χ4n) is 2.37. The van der Waals surface area contributed by atoms with E-state index in [4.69, 9.17) is 0 Å². The molecule has 0 N–H and O–H groups in total. The number of hydrogen-bond donors (Lipinski definition) is 0. The normalized spacial score (nSPS) is 17.3. The SMILES string of the molecule is CC1(C)CC(=O)c2sc(-c3cncc(Br)c3)nc2C1. The summed E-state index contributed by atoms with van der Waals surface area (Å²) in [5.74, 6) is 0.220. The highest BCUT2D eigenvalue weighted by molar-refractivity contribution is 9.10. The molecule has 0 saturated heterocycles. The lowest BCUT2D eigenvalue weighted by Gasteiger charge is -2.26. The van der Waals surface area contributed by atoms with E-state index in [0.717, 1.165) is 32.0 Å². The van der Waals surface area contributed by atoms with E-state index in [9.17, 15) is 4.79 Å². The number of carbonyl (C=O) groups excluding carboxylic acids is 1. The molecule has 0 aliphatic heterocycles. The van der Waals surface area contributed by atoms with Crippen molar-refractivity contribution in [1.82, 2.24) is 9.97 Å². The number of fused-ring (bicyclic) bond motifs is 1. The van der Waals surface area contributed by atoms with Crippen LogP contribution >= 0.6 is 27.3 Å². The Morgan fingerprint density at radius 3 is 2.84 bits per heavy atom. The van der Waals surface area contributed by atoms with Crippen molar-refractivity contribution in [3.8, 4) is 10.6 Å². The van der Waals surface area contributed by atoms with Gasteiger partial charge in [0, 0.05) is 28.9 Å². The molecule has 0 atom stereocenters. The second-order valence-electron chi connectivity index (χ2n) is 5.63. The second-order valence-corrected chi connectivity index (χ2v) is 7.54. The minimum Gasteiger partial charge on any atom is -0.293 e. The van der Waals surface area contributed by atoms with E-state index in [0.29, 0.717) is 6.42 Å². The first-order valence-electron chi connectivity index (χ1n) is 6.08. The van der Waals surface area contributed by atoms with Gasteiger partial charge in [0.25, 0.3) is 0 Å². The number of Topliss-reactive ketones (excluding diaryl/α,β-unsaturated/α-hetero) is 1. The molecule has 0 bridgehead atoms. The zero-order valence-electron chi connectivity index (χ0n) is 10.7. The van der Waals surface area contributed by atoms with Crippen molar-refractivity contribution in [2.45, 2.75) is 26.7 Å². The third-order valence-corrected chi connectivity index (χ3v) is 4.81. The number of rotatable bonds is 1. The molecule has 1 aliphatic rings. The van der Waals surface area contributed by atoms with Gasteiger partial charge in [0.15, 0.2) is 5.78 Å². The van der Waals surface area contributed by atoms with Crippen LogP contribution in [0.1, 0.15) is 35.6 Å². The minimum atomic E-state index is 0.0188. The molecular formula is C14H13BrN2OS. The molecule has 98 valence electrons. The van der Waals surface area contributed by atoms with Gasteiger partial charge >= 0.3 is 0 Å². The predicted octanol–water partition coefficient (Wildman–Crippen LogP) is 4.12. The Kier molecular flexibility index (Phi) is 3.06.